The zero-order chi connectivity index (χ0) is 9.84. The molecule has 13 heavy (non-hydrogen) atoms. The van der Waals surface area contributed by atoms with E-state index >= 15 is 0 Å². The molecule has 1 aromatic heterocycles. The average molecular weight is 190 g/mol. The van der Waals surface area contributed by atoms with Crippen LogP contribution >= 0.6 is 11.3 Å². The summed E-state index contributed by atoms with van der Waals surface area (Å²) in [6.07, 6.45) is 7.96. The van der Waals surface area contributed by atoms with Gasteiger partial charge in [-0.05, 0) is 31.1 Å². The number of hydrogen-bond donors (Lipinski definition) is 0. The first kappa shape index (κ1) is 10.0. The molecular weight excluding hydrogens is 176 g/mol. The van der Waals surface area contributed by atoms with E-state index in [9.17, 15) is 0 Å². The summed E-state index contributed by atoms with van der Waals surface area (Å²) in [6, 6.07) is 0. The summed E-state index contributed by atoms with van der Waals surface area (Å²) in [6.45, 7) is 11.8. The summed E-state index contributed by atoms with van der Waals surface area (Å²) >= 11 is 1.79. The van der Waals surface area contributed by atoms with Crippen molar-refractivity contribution in [1.29, 1.82) is 0 Å². The SMILES string of the molecule is C=Cc1c(C)sc(/C=C\C)c1C=C. The Morgan fingerprint density at radius 2 is 1.77 bits per heavy atom. The molecule has 0 N–H and O–H groups in total. The molecule has 0 atom stereocenters. The summed E-state index contributed by atoms with van der Waals surface area (Å²) in [7, 11) is 0. The van der Waals surface area contributed by atoms with Crippen molar-refractivity contribution in [1.82, 2.24) is 0 Å². The second-order valence-electron chi connectivity index (χ2n) is 2.76. The first-order chi connectivity index (χ1) is 6.24. The second kappa shape index (κ2) is 4.24. The van der Waals surface area contributed by atoms with E-state index in [1.165, 1.54) is 20.9 Å². The minimum Gasteiger partial charge on any atom is -0.140 e. The molecule has 68 valence electrons. The van der Waals surface area contributed by atoms with E-state index in [2.05, 4.69) is 26.2 Å². The van der Waals surface area contributed by atoms with E-state index < -0.39 is 0 Å². The van der Waals surface area contributed by atoms with Gasteiger partial charge in [-0.3, -0.25) is 0 Å². The van der Waals surface area contributed by atoms with Gasteiger partial charge in [-0.25, -0.2) is 0 Å². The molecule has 0 aliphatic carbocycles. The standard InChI is InChI=1S/C12H14S/c1-5-8-12-11(7-3)10(6-2)9(4)13-12/h5-8H,2-3H2,1,4H3/b8-5-. The average Bonchev–Trinajstić information content (AvgIpc) is 2.41. The molecule has 1 heteroatoms. The van der Waals surface area contributed by atoms with Crippen molar-refractivity contribution in [2.24, 2.45) is 0 Å². The fourth-order valence-corrected chi connectivity index (χ4v) is 2.48. The van der Waals surface area contributed by atoms with Crippen LogP contribution in [0, 0.1) is 6.92 Å². The maximum atomic E-state index is 3.82. The Morgan fingerprint density at radius 1 is 1.15 bits per heavy atom. The Hall–Kier alpha value is -1.08. The van der Waals surface area contributed by atoms with Gasteiger partial charge in [-0.2, -0.15) is 0 Å². The molecule has 0 saturated heterocycles. The van der Waals surface area contributed by atoms with Gasteiger partial charge in [0.1, 0.15) is 0 Å². The summed E-state index contributed by atoms with van der Waals surface area (Å²) in [5.74, 6) is 0. The van der Waals surface area contributed by atoms with E-state index in [4.69, 9.17) is 0 Å². The third-order valence-corrected chi connectivity index (χ3v) is 3.03. The third-order valence-electron chi connectivity index (χ3n) is 1.92. The Morgan fingerprint density at radius 3 is 2.23 bits per heavy atom. The van der Waals surface area contributed by atoms with Gasteiger partial charge in [-0.1, -0.05) is 31.4 Å². The lowest BCUT2D eigenvalue weighted by molar-refractivity contribution is 1.58. The zero-order valence-corrected chi connectivity index (χ0v) is 8.95. The number of hydrogen-bond acceptors (Lipinski definition) is 1. The van der Waals surface area contributed by atoms with E-state index in [1.54, 1.807) is 11.3 Å². The molecule has 0 amide bonds. The molecule has 0 saturated carbocycles. The molecule has 0 aliphatic heterocycles. The van der Waals surface area contributed by atoms with Crippen LogP contribution < -0.4 is 0 Å². The summed E-state index contributed by atoms with van der Waals surface area (Å²) in [5, 5.41) is 0. The molecule has 0 nitrogen and oxygen atoms in total. The van der Waals surface area contributed by atoms with Crippen LogP contribution in [-0.2, 0) is 0 Å². The van der Waals surface area contributed by atoms with Gasteiger partial charge in [0, 0.05) is 9.75 Å². The van der Waals surface area contributed by atoms with Crippen molar-refractivity contribution in [2.75, 3.05) is 0 Å². The van der Waals surface area contributed by atoms with E-state index in [0.29, 0.717) is 0 Å². The Labute approximate surface area is 83.9 Å². The molecule has 0 aromatic carbocycles. The van der Waals surface area contributed by atoms with Crippen molar-refractivity contribution >= 4 is 29.6 Å². The van der Waals surface area contributed by atoms with Gasteiger partial charge < -0.3 is 0 Å². The lowest BCUT2D eigenvalue weighted by Gasteiger charge is -1.93. The minimum absolute atomic E-state index is 1.20. The van der Waals surface area contributed by atoms with Crippen LogP contribution in [-0.4, -0.2) is 0 Å². The Bertz CT molecular complexity index is 353. The van der Waals surface area contributed by atoms with Crippen LogP contribution in [0.1, 0.15) is 27.8 Å². The number of allylic oxidation sites excluding steroid dienone is 1. The molecule has 1 heterocycles. The normalized spacial score (nSPS) is 10.6. The van der Waals surface area contributed by atoms with Gasteiger partial charge >= 0.3 is 0 Å². The van der Waals surface area contributed by atoms with Crippen LogP contribution in [0.5, 0.6) is 0 Å². The van der Waals surface area contributed by atoms with Gasteiger partial charge in [0.2, 0.25) is 0 Å². The molecule has 1 rings (SSSR count). The Balaban J connectivity index is 3.37. The smallest absolute Gasteiger partial charge is 0.0348 e. The van der Waals surface area contributed by atoms with Gasteiger partial charge in [0.15, 0.2) is 0 Å². The van der Waals surface area contributed by atoms with Crippen LogP contribution in [0.2, 0.25) is 0 Å². The fourth-order valence-electron chi connectivity index (χ4n) is 1.34. The first-order valence-corrected chi connectivity index (χ1v) is 5.07. The van der Waals surface area contributed by atoms with Gasteiger partial charge in [0.25, 0.3) is 0 Å². The van der Waals surface area contributed by atoms with Crippen LogP contribution in [0.3, 0.4) is 0 Å². The van der Waals surface area contributed by atoms with Crippen molar-refractivity contribution in [3.8, 4) is 0 Å². The summed E-state index contributed by atoms with van der Waals surface area (Å²) in [5.41, 5.74) is 2.42. The van der Waals surface area contributed by atoms with E-state index in [0.717, 1.165) is 0 Å². The highest BCUT2D eigenvalue weighted by atomic mass is 32.1. The predicted octanol–water partition coefficient (Wildman–Crippen LogP) is 4.38. The van der Waals surface area contributed by atoms with Crippen molar-refractivity contribution < 1.29 is 0 Å². The summed E-state index contributed by atoms with van der Waals surface area (Å²) in [4.78, 5) is 2.57. The minimum atomic E-state index is 1.20. The monoisotopic (exact) mass is 190 g/mol. The number of aryl methyl sites for hydroxylation is 1. The fraction of sp³-hybridized carbons (Fsp3) is 0.167. The van der Waals surface area contributed by atoms with Crippen molar-refractivity contribution in [2.45, 2.75) is 13.8 Å². The summed E-state index contributed by atoms with van der Waals surface area (Å²) < 4.78 is 0. The second-order valence-corrected chi connectivity index (χ2v) is 4.01. The maximum Gasteiger partial charge on any atom is 0.0348 e. The molecule has 0 bridgehead atoms. The largest absolute Gasteiger partial charge is 0.140 e. The highest BCUT2D eigenvalue weighted by Crippen LogP contribution is 2.30. The van der Waals surface area contributed by atoms with E-state index in [1.807, 2.05) is 25.2 Å². The topological polar surface area (TPSA) is 0 Å². The predicted molar refractivity (Wildman–Crippen MR) is 63.9 cm³/mol. The van der Waals surface area contributed by atoms with Gasteiger partial charge in [-0.15, -0.1) is 11.3 Å². The highest BCUT2D eigenvalue weighted by molar-refractivity contribution is 7.13. The van der Waals surface area contributed by atoms with Crippen LogP contribution in [0.15, 0.2) is 19.2 Å². The van der Waals surface area contributed by atoms with Crippen LogP contribution in [0.25, 0.3) is 18.2 Å². The zero-order valence-electron chi connectivity index (χ0n) is 8.13. The molecule has 0 spiro atoms. The van der Waals surface area contributed by atoms with Gasteiger partial charge in [0.05, 0.1) is 0 Å². The highest BCUT2D eigenvalue weighted by Gasteiger charge is 2.07. The maximum absolute atomic E-state index is 3.82. The van der Waals surface area contributed by atoms with Crippen molar-refractivity contribution in [3.63, 3.8) is 0 Å². The molecular formula is C12H14S. The first-order valence-electron chi connectivity index (χ1n) is 4.25. The van der Waals surface area contributed by atoms with E-state index in [-0.39, 0.29) is 0 Å². The molecule has 0 unspecified atom stereocenters. The number of rotatable bonds is 3. The Kier molecular flexibility index (Phi) is 3.26. The third kappa shape index (κ3) is 1.81. The molecule has 0 aliphatic rings. The van der Waals surface area contributed by atoms with Crippen LogP contribution in [0.4, 0.5) is 0 Å². The molecule has 1 aromatic rings. The lowest BCUT2D eigenvalue weighted by Crippen LogP contribution is -1.75. The number of thiophene rings is 1. The molecule has 0 fully saturated rings. The quantitative estimate of drug-likeness (QED) is 0.663. The lowest BCUT2D eigenvalue weighted by atomic mass is 10.1. The molecule has 0 radical (unpaired) electrons. The van der Waals surface area contributed by atoms with Crippen molar-refractivity contribution in [3.05, 3.63) is 40.1 Å².